The van der Waals surface area contributed by atoms with Crippen molar-refractivity contribution in [3.63, 3.8) is 0 Å². The first-order chi connectivity index (χ1) is 12.0. The van der Waals surface area contributed by atoms with Crippen molar-refractivity contribution in [3.05, 3.63) is 45.3 Å². The Bertz CT molecular complexity index is 853. The monoisotopic (exact) mass is 412 g/mol. The van der Waals surface area contributed by atoms with Crippen LogP contribution in [-0.4, -0.2) is 18.0 Å². The van der Waals surface area contributed by atoms with Gasteiger partial charge in [-0.3, -0.25) is 10.1 Å². The van der Waals surface area contributed by atoms with Gasteiger partial charge >= 0.3 is 6.03 Å². The molecule has 5 N–H and O–H groups in total. The Morgan fingerprint density at radius 2 is 1.92 bits per heavy atom. The maximum absolute atomic E-state index is 12.3. The molecule has 0 radical (unpaired) electrons. The summed E-state index contributed by atoms with van der Waals surface area (Å²) in [6.07, 6.45) is 2.96. The second-order valence-corrected chi connectivity index (χ2v) is 7.83. The first-order valence-electron chi connectivity index (χ1n) is 8.06. The van der Waals surface area contributed by atoms with Gasteiger partial charge in [-0.1, -0.05) is 11.6 Å². The van der Waals surface area contributed by atoms with Gasteiger partial charge in [-0.2, -0.15) is 0 Å². The molecule has 9 heteroatoms. The first-order valence-corrected chi connectivity index (χ1v) is 9.25. The van der Waals surface area contributed by atoms with Gasteiger partial charge in [-0.15, -0.1) is 23.7 Å². The molecule has 3 amide bonds. The zero-order valence-electron chi connectivity index (χ0n) is 13.7. The van der Waals surface area contributed by atoms with Gasteiger partial charge in [-0.05, 0) is 49.1 Å². The Morgan fingerprint density at radius 1 is 1.19 bits per heavy atom. The third-order valence-electron chi connectivity index (χ3n) is 4.62. The lowest BCUT2D eigenvalue weighted by Crippen LogP contribution is -2.32. The van der Waals surface area contributed by atoms with E-state index in [1.54, 1.807) is 24.3 Å². The molecule has 0 saturated carbocycles. The molecule has 1 saturated heterocycles. The highest BCUT2D eigenvalue weighted by atomic mass is 35.5. The summed E-state index contributed by atoms with van der Waals surface area (Å²) >= 11 is 7.28. The van der Waals surface area contributed by atoms with Crippen LogP contribution >= 0.6 is 35.3 Å². The normalized spacial score (nSPS) is 20.0. The van der Waals surface area contributed by atoms with Crippen LogP contribution in [0.25, 0.3) is 0 Å². The molecule has 0 spiro atoms. The summed E-state index contributed by atoms with van der Waals surface area (Å²) in [7, 11) is 0. The van der Waals surface area contributed by atoms with Crippen LogP contribution in [0, 0.1) is 0 Å². The standard InChI is InChI=1S/C17H17ClN4O2S.ClH/c18-8-1-3-9(4-2-8)21-17(24)22-16-14(15(19)23)13-11-6-5-10(20-11)7-12(13)25-16;/h1-4,10-11,20H,5-7H2,(H2,19,23)(H2,21,22,24);1H/t10-,11+;/m1./s1. The van der Waals surface area contributed by atoms with Gasteiger partial charge in [0.25, 0.3) is 5.91 Å². The molecule has 138 valence electrons. The van der Waals surface area contributed by atoms with Crippen molar-refractivity contribution in [3.8, 4) is 0 Å². The number of hydrogen-bond donors (Lipinski definition) is 4. The van der Waals surface area contributed by atoms with E-state index in [1.165, 1.54) is 11.3 Å². The van der Waals surface area contributed by atoms with Gasteiger partial charge < -0.3 is 16.4 Å². The molecule has 1 fully saturated rings. The van der Waals surface area contributed by atoms with Crippen LogP contribution in [0.1, 0.15) is 39.7 Å². The molecule has 0 aliphatic carbocycles. The Hall–Kier alpha value is -1.80. The number of fused-ring (bicyclic) bond motifs is 4. The zero-order valence-corrected chi connectivity index (χ0v) is 16.1. The van der Waals surface area contributed by atoms with Crippen molar-refractivity contribution < 1.29 is 9.59 Å². The number of nitrogens with one attached hydrogen (secondary N) is 3. The van der Waals surface area contributed by atoms with Crippen LogP contribution in [0.3, 0.4) is 0 Å². The van der Waals surface area contributed by atoms with E-state index >= 15 is 0 Å². The minimum atomic E-state index is -0.508. The van der Waals surface area contributed by atoms with Gasteiger partial charge in [0, 0.05) is 27.7 Å². The van der Waals surface area contributed by atoms with Crippen LogP contribution in [0.2, 0.25) is 5.02 Å². The van der Waals surface area contributed by atoms with E-state index in [-0.39, 0.29) is 18.4 Å². The van der Waals surface area contributed by atoms with Crippen molar-refractivity contribution in [2.75, 3.05) is 10.6 Å². The van der Waals surface area contributed by atoms with Crippen LogP contribution in [-0.2, 0) is 6.42 Å². The molecule has 2 aliphatic rings. The number of carbonyl (C=O) groups excluding carboxylic acids is 2. The predicted molar refractivity (Wildman–Crippen MR) is 107 cm³/mol. The Kier molecular flexibility index (Phi) is 5.43. The van der Waals surface area contributed by atoms with Crippen LogP contribution in [0.15, 0.2) is 24.3 Å². The number of hydrogen-bond acceptors (Lipinski definition) is 4. The predicted octanol–water partition coefficient (Wildman–Crippen LogP) is 3.92. The molecule has 2 aliphatic heterocycles. The Morgan fingerprint density at radius 3 is 2.62 bits per heavy atom. The van der Waals surface area contributed by atoms with Crippen LogP contribution in [0.4, 0.5) is 15.5 Å². The SMILES string of the molecule is Cl.NC(=O)c1c(NC(=O)Nc2ccc(Cl)cc2)sc2c1[C@@H]1CC[C@H](C2)N1. The summed E-state index contributed by atoms with van der Waals surface area (Å²) < 4.78 is 0. The Labute approximate surface area is 165 Å². The van der Waals surface area contributed by atoms with E-state index in [2.05, 4.69) is 16.0 Å². The zero-order chi connectivity index (χ0) is 17.6. The summed E-state index contributed by atoms with van der Waals surface area (Å²) in [4.78, 5) is 25.5. The number of amides is 3. The summed E-state index contributed by atoms with van der Waals surface area (Å²) in [5.41, 5.74) is 7.63. The largest absolute Gasteiger partial charge is 0.365 e. The number of primary amides is 1. The number of thiophene rings is 1. The van der Waals surface area contributed by atoms with Crippen LogP contribution in [0.5, 0.6) is 0 Å². The molecule has 2 bridgehead atoms. The van der Waals surface area contributed by atoms with Gasteiger partial charge in [0.2, 0.25) is 0 Å². The number of nitrogens with two attached hydrogens (primary N) is 1. The maximum atomic E-state index is 12.3. The average Bonchev–Trinajstić information content (AvgIpc) is 3.11. The van der Waals surface area contributed by atoms with Crippen molar-refractivity contribution in [2.24, 2.45) is 5.73 Å². The Balaban J connectivity index is 0.00000196. The second-order valence-electron chi connectivity index (χ2n) is 6.29. The molecule has 26 heavy (non-hydrogen) atoms. The molecule has 1 aromatic heterocycles. The quantitative estimate of drug-likeness (QED) is 0.614. The van der Waals surface area contributed by atoms with Gasteiger partial charge in [0.15, 0.2) is 0 Å². The average molecular weight is 413 g/mol. The molecule has 3 heterocycles. The molecule has 1 aromatic carbocycles. The fourth-order valence-corrected chi connectivity index (χ4v) is 5.04. The molecule has 4 rings (SSSR count). The smallest absolute Gasteiger partial charge is 0.324 e. The topological polar surface area (TPSA) is 96.2 Å². The van der Waals surface area contributed by atoms with E-state index in [1.807, 2.05) is 0 Å². The number of urea groups is 1. The molecule has 6 nitrogen and oxygen atoms in total. The van der Waals surface area contributed by atoms with E-state index in [0.29, 0.717) is 27.3 Å². The fraction of sp³-hybridized carbons (Fsp3) is 0.294. The number of carbonyl (C=O) groups is 2. The minimum Gasteiger partial charge on any atom is -0.365 e. The molecule has 2 atom stereocenters. The van der Waals surface area contributed by atoms with Crippen molar-refractivity contribution in [2.45, 2.75) is 31.3 Å². The van der Waals surface area contributed by atoms with Crippen molar-refractivity contribution >= 4 is 58.0 Å². The lowest BCUT2D eigenvalue weighted by molar-refractivity contribution is 0.1000. The molecule has 0 unspecified atom stereocenters. The van der Waals surface area contributed by atoms with E-state index in [4.69, 9.17) is 17.3 Å². The molecular formula is C17H18Cl2N4O2S. The van der Waals surface area contributed by atoms with Crippen molar-refractivity contribution in [1.82, 2.24) is 5.32 Å². The third-order valence-corrected chi connectivity index (χ3v) is 6.01. The number of rotatable bonds is 3. The lowest BCUT2D eigenvalue weighted by Gasteiger charge is -2.22. The summed E-state index contributed by atoms with van der Waals surface area (Å²) in [5.74, 6) is -0.508. The highest BCUT2D eigenvalue weighted by Gasteiger charge is 2.38. The van der Waals surface area contributed by atoms with Crippen LogP contribution < -0.4 is 21.7 Å². The first kappa shape index (κ1) is 19.0. The summed E-state index contributed by atoms with van der Waals surface area (Å²) in [6, 6.07) is 6.99. The van der Waals surface area contributed by atoms with E-state index in [0.717, 1.165) is 29.7 Å². The summed E-state index contributed by atoms with van der Waals surface area (Å²) in [5, 5.41) is 10.1. The third kappa shape index (κ3) is 3.53. The second kappa shape index (κ2) is 7.44. The number of anilines is 2. The summed E-state index contributed by atoms with van der Waals surface area (Å²) in [6.45, 7) is 0. The van der Waals surface area contributed by atoms with Gasteiger partial charge in [0.05, 0.1) is 5.56 Å². The van der Waals surface area contributed by atoms with E-state index in [9.17, 15) is 9.59 Å². The minimum absolute atomic E-state index is 0. The van der Waals surface area contributed by atoms with Gasteiger partial charge in [-0.25, -0.2) is 4.79 Å². The highest BCUT2D eigenvalue weighted by Crippen LogP contribution is 2.45. The lowest BCUT2D eigenvalue weighted by atomic mass is 9.98. The highest BCUT2D eigenvalue weighted by molar-refractivity contribution is 7.17. The fourth-order valence-electron chi connectivity index (χ4n) is 3.57. The maximum Gasteiger partial charge on any atom is 0.324 e. The molecular weight excluding hydrogens is 395 g/mol. The van der Waals surface area contributed by atoms with E-state index < -0.39 is 11.9 Å². The van der Waals surface area contributed by atoms with Gasteiger partial charge in [0.1, 0.15) is 5.00 Å². The molecule has 2 aromatic rings. The number of benzene rings is 1. The van der Waals surface area contributed by atoms with Crippen molar-refractivity contribution in [1.29, 1.82) is 0 Å². The number of halogens is 2.